The normalized spacial score (nSPS) is 10.2. The van der Waals surface area contributed by atoms with Gasteiger partial charge in [0.15, 0.2) is 0 Å². The smallest absolute Gasteiger partial charge is 0.142 e. The van der Waals surface area contributed by atoms with Crippen molar-refractivity contribution in [1.82, 2.24) is 0 Å². The lowest BCUT2D eigenvalue weighted by molar-refractivity contribution is -0.104. The van der Waals surface area contributed by atoms with Gasteiger partial charge in [-0.1, -0.05) is 18.2 Å². The van der Waals surface area contributed by atoms with E-state index in [-0.39, 0.29) is 0 Å². The second kappa shape index (κ2) is 5.14. The molecule has 0 bridgehead atoms. The number of aldehydes is 1. The van der Waals surface area contributed by atoms with E-state index in [9.17, 15) is 4.79 Å². The van der Waals surface area contributed by atoms with Crippen molar-refractivity contribution in [2.45, 2.75) is 6.42 Å². The fourth-order valence-electron chi connectivity index (χ4n) is 1.02. The molecule has 0 atom stereocenters. The maximum absolute atomic E-state index is 9.99. The van der Waals surface area contributed by atoms with E-state index in [1.165, 1.54) is 11.6 Å². The number of methoxy groups -OCH3 is 1. The highest BCUT2D eigenvalue weighted by molar-refractivity contribution is 5.64. The summed E-state index contributed by atoms with van der Waals surface area (Å²) in [7, 11) is 1.64. The highest BCUT2D eigenvalue weighted by Crippen LogP contribution is 2.11. The molecule has 0 unspecified atom stereocenters. The molecule has 0 N–H and O–H groups in total. The fraction of sp³-hybridized carbons (Fsp3) is 0.182. The maximum Gasteiger partial charge on any atom is 0.142 e. The molecule has 0 aromatic heterocycles. The number of allylic oxidation sites excluding steroid dienone is 2. The minimum atomic E-state index is 0.780. The van der Waals surface area contributed by atoms with Gasteiger partial charge in [0.2, 0.25) is 0 Å². The van der Waals surface area contributed by atoms with Crippen molar-refractivity contribution in [2.24, 2.45) is 0 Å². The van der Waals surface area contributed by atoms with Crippen molar-refractivity contribution < 1.29 is 9.53 Å². The van der Waals surface area contributed by atoms with Crippen molar-refractivity contribution in [3.05, 3.63) is 42.0 Å². The number of hydrogen-bond donors (Lipinski definition) is 0. The van der Waals surface area contributed by atoms with E-state index in [0.29, 0.717) is 0 Å². The van der Waals surface area contributed by atoms with Gasteiger partial charge in [0.05, 0.1) is 7.11 Å². The van der Waals surface area contributed by atoms with Gasteiger partial charge in [-0.15, -0.1) is 0 Å². The molecule has 0 saturated heterocycles. The second-order valence-electron chi connectivity index (χ2n) is 2.62. The Morgan fingerprint density at radius 1 is 1.31 bits per heavy atom. The van der Waals surface area contributed by atoms with Crippen molar-refractivity contribution in [3.8, 4) is 5.75 Å². The lowest BCUT2D eigenvalue weighted by Crippen LogP contribution is -1.84. The third-order valence-electron chi connectivity index (χ3n) is 1.73. The number of carbonyl (C=O) groups is 1. The first-order chi connectivity index (χ1) is 6.36. The van der Waals surface area contributed by atoms with Gasteiger partial charge in [-0.25, -0.2) is 0 Å². The Morgan fingerprint density at radius 2 is 2.00 bits per heavy atom. The third kappa shape index (κ3) is 3.11. The van der Waals surface area contributed by atoms with E-state index in [0.717, 1.165) is 18.5 Å². The van der Waals surface area contributed by atoms with Crippen molar-refractivity contribution >= 4 is 6.29 Å². The quantitative estimate of drug-likeness (QED) is 0.518. The van der Waals surface area contributed by atoms with Gasteiger partial charge in [0, 0.05) is 0 Å². The van der Waals surface area contributed by atoms with Crippen LogP contribution in [0.5, 0.6) is 5.75 Å². The largest absolute Gasteiger partial charge is 0.497 e. The van der Waals surface area contributed by atoms with Crippen LogP contribution in [0, 0.1) is 0 Å². The van der Waals surface area contributed by atoms with Crippen LogP contribution in [-0.2, 0) is 11.2 Å². The van der Waals surface area contributed by atoms with Crippen LogP contribution in [-0.4, -0.2) is 13.4 Å². The first kappa shape index (κ1) is 9.52. The van der Waals surface area contributed by atoms with E-state index in [2.05, 4.69) is 0 Å². The summed E-state index contributed by atoms with van der Waals surface area (Å²) in [5, 5.41) is 0. The summed E-state index contributed by atoms with van der Waals surface area (Å²) in [5.41, 5.74) is 1.17. The first-order valence-electron chi connectivity index (χ1n) is 4.10. The molecule has 2 heteroatoms. The lowest BCUT2D eigenvalue weighted by Gasteiger charge is -1.99. The van der Waals surface area contributed by atoms with Gasteiger partial charge in [-0.05, 0) is 30.2 Å². The van der Waals surface area contributed by atoms with E-state index < -0.39 is 0 Å². The van der Waals surface area contributed by atoms with Crippen molar-refractivity contribution in [1.29, 1.82) is 0 Å². The van der Waals surface area contributed by atoms with Crippen LogP contribution in [0.15, 0.2) is 36.4 Å². The number of hydrogen-bond acceptors (Lipinski definition) is 2. The summed E-state index contributed by atoms with van der Waals surface area (Å²) in [4.78, 5) is 9.99. The molecule has 0 aliphatic heterocycles. The van der Waals surface area contributed by atoms with Crippen molar-refractivity contribution in [2.75, 3.05) is 7.11 Å². The molecule has 0 saturated carbocycles. The van der Waals surface area contributed by atoms with Crippen LogP contribution in [0.4, 0.5) is 0 Å². The zero-order valence-electron chi connectivity index (χ0n) is 7.57. The zero-order valence-corrected chi connectivity index (χ0v) is 7.57. The van der Waals surface area contributed by atoms with E-state index in [1.54, 1.807) is 7.11 Å². The van der Waals surface area contributed by atoms with Gasteiger partial charge in [-0.2, -0.15) is 0 Å². The van der Waals surface area contributed by atoms with E-state index in [1.807, 2.05) is 30.3 Å². The van der Waals surface area contributed by atoms with Crippen molar-refractivity contribution in [3.63, 3.8) is 0 Å². The van der Waals surface area contributed by atoms with Gasteiger partial charge < -0.3 is 4.74 Å². The Hall–Kier alpha value is -1.57. The number of carbonyl (C=O) groups excluding carboxylic acids is 1. The molecule has 0 aliphatic carbocycles. The van der Waals surface area contributed by atoms with Crippen LogP contribution < -0.4 is 4.74 Å². The Morgan fingerprint density at radius 3 is 2.54 bits per heavy atom. The summed E-state index contributed by atoms with van der Waals surface area (Å²) in [6.07, 6.45) is 4.89. The van der Waals surface area contributed by atoms with Gasteiger partial charge in [0.25, 0.3) is 0 Å². The SMILES string of the molecule is COc1ccc(C/C=C/C=O)cc1. The van der Waals surface area contributed by atoms with Crippen LogP contribution >= 0.6 is 0 Å². The average molecular weight is 176 g/mol. The molecule has 13 heavy (non-hydrogen) atoms. The summed E-state index contributed by atoms with van der Waals surface area (Å²) >= 11 is 0. The molecular weight excluding hydrogens is 164 g/mol. The predicted molar refractivity (Wildman–Crippen MR) is 51.9 cm³/mol. The molecular formula is C11H12O2. The Bertz CT molecular complexity index is 285. The molecule has 0 amide bonds. The molecule has 0 aliphatic rings. The van der Waals surface area contributed by atoms with Crippen LogP contribution in [0.2, 0.25) is 0 Å². The van der Waals surface area contributed by atoms with Gasteiger partial charge >= 0.3 is 0 Å². The zero-order chi connectivity index (χ0) is 9.52. The molecule has 0 heterocycles. The topological polar surface area (TPSA) is 26.3 Å². The molecule has 0 radical (unpaired) electrons. The minimum Gasteiger partial charge on any atom is -0.497 e. The molecule has 1 aromatic rings. The van der Waals surface area contributed by atoms with Gasteiger partial charge in [-0.3, -0.25) is 4.79 Å². The highest BCUT2D eigenvalue weighted by atomic mass is 16.5. The minimum absolute atomic E-state index is 0.780. The molecule has 1 aromatic carbocycles. The molecule has 1 rings (SSSR count). The Kier molecular flexibility index (Phi) is 3.76. The van der Waals surface area contributed by atoms with Crippen LogP contribution in [0.1, 0.15) is 5.56 Å². The monoisotopic (exact) mass is 176 g/mol. The molecule has 0 fully saturated rings. The summed E-state index contributed by atoms with van der Waals surface area (Å²) in [6.45, 7) is 0. The van der Waals surface area contributed by atoms with Crippen LogP contribution in [0.25, 0.3) is 0 Å². The van der Waals surface area contributed by atoms with E-state index >= 15 is 0 Å². The summed E-state index contributed by atoms with van der Waals surface area (Å²) in [6, 6.07) is 7.77. The van der Waals surface area contributed by atoms with E-state index in [4.69, 9.17) is 4.74 Å². The lowest BCUT2D eigenvalue weighted by atomic mass is 10.1. The van der Waals surface area contributed by atoms with Gasteiger partial charge in [0.1, 0.15) is 12.0 Å². The fourth-order valence-corrected chi connectivity index (χ4v) is 1.02. The number of ether oxygens (including phenoxy) is 1. The highest BCUT2D eigenvalue weighted by Gasteiger charge is 1.90. The number of rotatable bonds is 4. The Balaban J connectivity index is 2.58. The Labute approximate surface area is 77.8 Å². The summed E-state index contributed by atoms with van der Waals surface area (Å²) in [5.74, 6) is 0.850. The predicted octanol–water partition coefficient (Wildman–Crippen LogP) is 1.99. The first-order valence-corrected chi connectivity index (χ1v) is 4.10. The average Bonchev–Trinajstić information content (AvgIpc) is 2.19. The molecule has 0 spiro atoms. The molecule has 2 nitrogen and oxygen atoms in total. The third-order valence-corrected chi connectivity index (χ3v) is 1.73. The second-order valence-corrected chi connectivity index (χ2v) is 2.62. The molecule has 68 valence electrons. The standard InChI is InChI=1S/C11H12O2/c1-13-11-7-5-10(6-8-11)4-2-3-9-12/h2-3,5-9H,4H2,1H3/b3-2+. The number of benzene rings is 1. The van der Waals surface area contributed by atoms with Crippen LogP contribution in [0.3, 0.4) is 0 Å². The maximum atomic E-state index is 9.99. The summed E-state index contributed by atoms with van der Waals surface area (Å²) < 4.78 is 5.02.